The van der Waals surface area contributed by atoms with Gasteiger partial charge in [-0.15, -0.1) is 0 Å². The van der Waals surface area contributed by atoms with Gasteiger partial charge in [-0.2, -0.15) is 0 Å². The van der Waals surface area contributed by atoms with E-state index in [-0.39, 0.29) is 0 Å². The molecule has 2 rings (SSSR count). The monoisotopic (exact) mass is 465 g/mol. The Balaban J connectivity index is 2.02. The topological polar surface area (TPSA) is 58.2 Å². The van der Waals surface area contributed by atoms with Crippen molar-refractivity contribution in [1.29, 1.82) is 0 Å². The number of hydrogen-bond donors (Lipinski definition) is 1. The van der Waals surface area contributed by atoms with E-state index in [9.17, 15) is 0 Å². The van der Waals surface area contributed by atoms with E-state index >= 15 is 0 Å². The summed E-state index contributed by atoms with van der Waals surface area (Å²) in [5.74, 6) is 3.24. The van der Waals surface area contributed by atoms with Crippen LogP contribution >= 0.6 is 11.6 Å². The molecule has 0 fully saturated rings. The molecule has 0 bridgehead atoms. The maximum atomic E-state index is 6.39. The second kappa shape index (κ2) is 14.0. The predicted molar refractivity (Wildman–Crippen MR) is 129 cm³/mol. The van der Waals surface area contributed by atoms with Crippen LogP contribution in [0.5, 0.6) is 28.7 Å². The first-order valence-corrected chi connectivity index (χ1v) is 11.4. The Kier molecular flexibility index (Phi) is 11.3. The fourth-order valence-corrected chi connectivity index (χ4v) is 3.65. The molecule has 0 radical (unpaired) electrons. The number of methoxy groups -OCH3 is 4. The maximum Gasteiger partial charge on any atom is 0.203 e. The second-order valence-electron chi connectivity index (χ2n) is 7.49. The van der Waals surface area contributed by atoms with Crippen LogP contribution in [0.2, 0.25) is 5.02 Å². The van der Waals surface area contributed by atoms with Crippen LogP contribution in [0.1, 0.15) is 50.2 Å². The lowest BCUT2D eigenvalue weighted by atomic mass is 10.1. The molecular formula is C25H36ClNO5. The summed E-state index contributed by atoms with van der Waals surface area (Å²) in [5, 5.41) is 4.03. The zero-order valence-electron chi connectivity index (χ0n) is 19.9. The van der Waals surface area contributed by atoms with Gasteiger partial charge in [0.15, 0.2) is 23.0 Å². The average molecular weight is 466 g/mol. The van der Waals surface area contributed by atoms with Crippen LogP contribution in [-0.2, 0) is 13.1 Å². The van der Waals surface area contributed by atoms with Crippen LogP contribution in [0.4, 0.5) is 0 Å². The average Bonchev–Trinajstić information content (AvgIpc) is 2.81. The SMILES string of the molecule is CCCCCCCOc1c(OC)cc(CNCc2cc(OC)c(OC)cc2Cl)cc1OC. The summed E-state index contributed by atoms with van der Waals surface area (Å²) in [6.07, 6.45) is 5.92. The van der Waals surface area contributed by atoms with Gasteiger partial charge in [-0.05, 0) is 35.7 Å². The minimum Gasteiger partial charge on any atom is -0.493 e. The third-order valence-corrected chi connectivity index (χ3v) is 5.56. The number of halogens is 1. The molecule has 0 spiro atoms. The van der Waals surface area contributed by atoms with Gasteiger partial charge in [-0.3, -0.25) is 0 Å². The summed E-state index contributed by atoms with van der Waals surface area (Å²) < 4.78 is 27.8. The van der Waals surface area contributed by atoms with Gasteiger partial charge < -0.3 is 29.0 Å². The van der Waals surface area contributed by atoms with E-state index in [0.717, 1.165) is 17.5 Å². The van der Waals surface area contributed by atoms with Crippen molar-refractivity contribution in [1.82, 2.24) is 5.32 Å². The van der Waals surface area contributed by atoms with Gasteiger partial charge in [0.2, 0.25) is 5.75 Å². The molecule has 0 amide bonds. The number of ether oxygens (including phenoxy) is 5. The van der Waals surface area contributed by atoms with Crippen molar-refractivity contribution in [2.24, 2.45) is 0 Å². The third-order valence-electron chi connectivity index (χ3n) is 5.21. The standard InChI is InChI=1S/C25H36ClNO5/c1-6-7-8-9-10-11-32-25-23(30-4)12-18(13-24(25)31-5)16-27-17-19-14-21(28-2)22(29-3)15-20(19)26/h12-15,27H,6-11,16-17H2,1-5H3. The quantitative estimate of drug-likeness (QED) is 0.325. The molecule has 0 saturated carbocycles. The molecule has 2 aromatic carbocycles. The lowest BCUT2D eigenvalue weighted by molar-refractivity contribution is 0.267. The third kappa shape index (κ3) is 7.38. The van der Waals surface area contributed by atoms with E-state index in [4.69, 9.17) is 35.3 Å². The summed E-state index contributed by atoms with van der Waals surface area (Å²) in [7, 11) is 6.48. The Bertz CT molecular complexity index is 818. The first-order chi connectivity index (χ1) is 15.6. The van der Waals surface area contributed by atoms with E-state index in [1.807, 2.05) is 18.2 Å². The molecule has 2 aromatic rings. The minimum absolute atomic E-state index is 0.569. The van der Waals surface area contributed by atoms with E-state index < -0.39 is 0 Å². The van der Waals surface area contributed by atoms with E-state index in [1.165, 1.54) is 25.7 Å². The summed E-state index contributed by atoms with van der Waals surface area (Å²) >= 11 is 6.39. The fraction of sp³-hybridized carbons (Fsp3) is 0.520. The van der Waals surface area contributed by atoms with E-state index in [1.54, 1.807) is 34.5 Å². The molecule has 1 N–H and O–H groups in total. The van der Waals surface area contributed by atoms with Crippen LogP contribution in [0, 0.1) is 0 Å². The van der Waals surface area contributed by atoms with Crippen molar-refractivity contribution in [2.75, 3.05) is 35.0 Å². The van der Waals surface area contributed by atoms with Crippen molar-refractivity contribution < 1.29 is 23.7 Å². The Hall–Kier alpha value is -2.31. The zero-order chi connectivity index (χ0) is 23.3. The second-order valence-corrected chi connectivity index (χ2v) is 7.90. The predicted octanol–water partition coefficient (Wildman–Crippen LogP) is 6.01. The molecule has 6 nitrogen and oxygen atoms in total. The van der Waals surface area contributed by atoms with Crippen LogP contribution < -0.4 is 29.0 Å². The van der Waals surface area contributed by atoms with Gasteiger partial charge in [-0.25, -0.2) is 0 Å². The lowest BCUT2D eigenvalue weighted by Gasteiger charge is -2.17. The van der Waals surface area contributed by atoms with Crippen molar-refractivity contribution in [3.05, 3.63) is 40.4 Å². The molecule has 0 aliphatic heterocycles. The zero-order valence-corrected chi connectivity index (χ0v) is 20.6. The minimum atomic E-state index is 0.569. The van der Waals surface area contributed by atoms with Crippen LogP contribution in [0.25, 0.3) is 0 Å². The van der Waals surface area contributed by atoms with E-state index in [0.29, 0.717) is 53.5 Å². The lowest BCUT2D eigenvalue weighted by Crippen LogP contribution is -2.14. The highest BCUT2D eigenvalue weighted by atomic mass is 35.5. The molecule has 0 aliphatic rings. The summed E-state index contributed by atoms with van der Waals surface area (Å²) in [6, 6.07) is 7.58. The summed E-state index contributed by atoms with van der Waals surface area (Å²) in [4.78, 5) is 0. The number of rotatable bonds is 15. The van der Waals surface area contributed by atoms with Gasteiger partial charge in [0.25, 0.3) is 0 Å². The molecule has 0 saturated heterocycles. The van der Waals surface area contributed by atoms with Gasteiger partial charge in [0, 0.05) is 24.2 Å². The molecule has 0 unspecified atom stereocenters. The Morgan fingerprint density at radius 3 is 1.91 bits per heavy atom. The van der Waals surface area contributed by atoms with Crippen LogP contribution in [-0.4, -0.2) is 35.0 Å². The molecule has 7 heteroatoms. The molecule has 0 atom stereocenters. The highest BCUT2D eigenvalue weighted by Gasteiger charge is 2.15. The molecular weight excluding hydrogens is 430 g/mol. The smallest absolute Gasteiger partial charge is 0.203 e. The summed E-state index contributed by atoms with van der Waals surface area (Å²) in [5.41, 5.74) is 1.94. The number of hydrogen-bond acceptors (Lipinski definition) is 6. The number of unbranched alkanes of at least 4 members (excludes halogenated alkanes) is 4. The normalized spacial score (nSPS) is 10.7. The highest BCUT2D eigenvalue weighted by Crippen LogP contribution is 2.39. The van der Waals surface area contributed by atoms with Crippen molar-refractivity contribution >= 4 is 11.6 Å². The van der Waals surface area contributed by atoms with Gasteiger partial charge in [-0.1, -0.05) is 44.2 Å². The Morgan fingerprint density at radius 2 is 1.31 bits per heavy atom. The molecule has 178 valence electrons. The largest absolute Gasteiger partial charge is 0.493 e. The molecule has 0 heterocycles. The Morgan fingerprint density at radius 1 is 0.719 bits per heavy atom. The van der Waals surface area contributed by atoms with Crippen molar-refractivity contribution in [3.63, 3.8) is 0 Å². The molecule has 0 aromatic heterocycles. The molecule has 0 aliphatic carbocycles. The fourth-order valence-electron chi connectivity index (χ4n) is 3.43. The van der Waals surface area contributed by atoms with Crippen LogP contribution in [0.3, 0.4) is 0 Å². The first kappa shape index (κ1) is 25.9. The molecule has 32 heavy (non-hydrogen) atoms. The van der Waals surface area contributed by atoms with E-state index in [2.05, 4.69) is 12.2 Å². The Labute approximate surface area is 197 Å². The van der Waals surface area contributed by atoms with Crippen LogP contribution in [0.15, 0.2) is 24.3 Å². The maximum absolute atomic E-state index is 6.39. The number of benzene rings is 2. The van der Waals surface area contributed by atoms with Crippen molar-refractivity contribution in [3.8, 4) is 28.7 Å². The van der Waals surface area contributed by atoms with Gasteiger partial charge >= 0.3 is 0 Å². The van der Waals surface area contributed by atoms with Gasteiger partial charge in [0.05, 0.1) is 35.0 Å². The summed E-state index contributed by atoms with van der Waals surface area (Å²) in [6.45, 7) is 4.03. The number of nitrogens with one attached hydrogen (secondary N) is 1. The van der Waals surface area contributed by atoms with Crippen molar-refractivity contribution in [2.45, 2.75) is 52.1 Å². The first-order valence-electron chi connectivity index (χ1n) is 11.1. The van der Waals surface area contributed by atoms with Gasteiger partial charge in [0.1, 0.15) is 0 Å². The highest BCUT2D eigenvalue weighted by molar-refractivity contribution is 6.31.